The van der Waals surface area contributed by atoms with Crippen molar-refractivity contribution in [2.45, 2.75) is 27.3 Å². The Morgan fingerprint density at radius 3 is 2.27 bits per heavy atom. The summed E-state index contributed by atoms with van der Waals surface area (Å²) in [4.78, 5) is 11.7. The quantitative estimate of drug-likeness (QED) is 0.660. The summed E-state index contributed by atoms with van der Waals surface area (Å²) in [6.45, 7) is 8.96. The van der Waals surface area contributed by atoms with Crippen LogP contribution in [0.5, 0.6) is 0 Å². The van der Waals surface area contributed by atoms with Crippen LogP contribution in [-0.4, -0.2) is 23.1 Å². The van der Waals surface area contributed by atoms with E-state index in [0.717, 1.165) is 30.2 Å². The van der Waals surface area contributed by atoms with E-state index in [1.54, 1.807) is 0 Å². The number of nitrogens with zero attached hydrogens (tertiary/aromatic N) is 3. The monoisotopic (exact) mass is 346 g/mol. The molecule has 3 rings (SSSR count). The number of anilines is 2. The molecule has 0 aliphatic heterocycles. The zero-order chi connectivity index (χ0) is 18.4. The van der Waals surface area contributed by atoms with Crippen LogP contribution < -0.4 is 10.2 Å². The van der Waals surface area contributed by atoms with Crippen LogP contribution in [0.2, 0.25) is 0 Å². The van der Waals surface area contributed by atoms with E-state index in [4.69, 9.17) is 9.97 Å². The average Bonchev–Trinajstić information content (AvgIpc) is 2.69. The lowest BCUT2D eigenvalue weighted by atomic mass is 10.1. The highest BCUT2D eigenvalue weighted by molar-refractivity contribution is 5.64. The number of benzene rings is 2. The molecule has 26 heavy (non-hydrogen) atoms. The van der Waals surface area contributed by atoms with E-state index in [-0.39, 0.29) is 0 Å². The Hall–Kier alpha value is -2.88. The third-order valence-corrected chi connectivity index (χ3v) is 4.57. The number of hydrogen-bond donors (Lipinski definition) is 1. The van der Waals surface area contributed by atoms with Crippen molar-refractivity contribution in [3.63, 3.8) is 0 Å². The van der Waals surface area contributed by atoms with E-state index < -0.39 is 0 Å². The molecule has 0 unspecified atom stereocenters. The van der Waals surface area contributed by atoms with Gasteiger partial charge in [0.15, 0.2) is 0 Å². The van der Waals surface area contributed by atoms with Gasteiger partial charge in [0.2, 0.25) is 5.95 Å². The average molecular weight is 346 g/mol. The Kier molecular flexibility index (Phi) is 5.84. The third kappa shape index (κ3) is 4.20. The highest BCUT2D eigenvalue weighted by atomic mass is 15.2. The van der Waals surface area contributed by atoms with Crippen LogP contribution in [0.1, 0.15) is 25.0 Å². The van der Waals surface area contributed by atoms with Crippen molar-refractivity contribution in [1.82, 2.24) is 9.97 Å². The molecule has 1 N–H and O–H groups in total. The first-order valence-corrected chi connectivity index (χ1v) is 9.19. The fraction of sp³-hybridized carbons (Fsp3) is 0.273. The van der Waals surface area contributed by atoms with Gasteiger partial charge in [0.05, 0.1) is 5.69 Å². The Bertz CT molecular complexity index is 842. The number of rotatable bonds is 7. The third-order valence-electron chi connectivity index (χ3n) is 4.57. The highest BCUT2D eigenvalue weighted by Crippen LogP contribution is 2.23. The first-order valence-electron chi connectivity index (χ1n) is 9.19. The van der Waals surface area contributed by atoms with Crippen LogP contribution in [0, 0.1) is 6.92 Å². The van der Waals surface area contributed by atoms with E-state index in [9.17, 15) is 0 Å². The number of nitrogens with one attached hydrogen (secondary N) is 1. The van der Waals surface area contributed by atoms with Gasteiger partial charge in [-0.3, -0.25) is 0 Å². The largest absolute Gasteiger partial charge is 0.357 e. The predicted octanol–water partition coefficient (Wildman–Crippen LogP) is 4.91. The molecular weight excluding hydrogens is 320 g/mol. The summed E-state index contributed by atoms with van der Waals surface area (Å²) in [5, 5.41) is 3.41. The summed E-state index contributed by atoms with van der Waals surface area (Å²) in [6, 6.07) is 20.7. The van der Waals surface area contributed by atoms with Gasteiger partial charge in [-0.05, 0) is 31.9 Å². The predicted molar refractivity (Wildman–Crippen MR) is 110 cm³/mol. The molecule has 0 aliphatic rings. The minimum Gasteiger partial charge on any atom is -0.357 e. The van der Waals surface area contributed by atoms with E-state index >= 15 is 0 Å². The second-order valence-corrected chi connectivity index (χ2v) is 6.25. The summed E-state index contributed by atoms with van der Waals surface area (Å²) in [6.07, 6.45) is 0. The zero-order valence-electron chi connectivity index (χ0n) is 15.7. The van der Waals surface area contributed by atoms with Gasteiger partial charge >= 0.3 is 0 Å². The van der Waals surface area contributed by atoms with Crippen LogP contribution in [0.3, 0.4) is 0 Å². The molecule has 0 amide bonds. The van der Waals surface area contributed by atoms with E-state index in [0.29, 0.717) is 12.5 Å². The Labute approximate surface area is 155 Å². The molecule has 0 fully saturated rings. The first kappa shape index (κ1) is 17.9. The smallest absolute Gasteiger partial charge is 0.225 e. The van der Waals surface area contributed by atoms with Crippen molar-refractivity contribution in [3.8, 4) is 11.3 Å². The topological polar surface area (TPSA) is 41.1 Å². The molecule has 3 aromatic rings. The molecular formula is C22H26N4. The molecule has 0 spiro atoms. The molecule has 0 saturated heterocycles. The zero-order valence-corrected chi connectivity index (χ0v) is 15.7. The van der Waals surface area contributed by atoms with Crippen LogP contribution in [-0.2, 0) is 6.54 Å². The van der Waals surface area contributed by atoms with E-state index in [1.807, 2.05) is 18.2 Å². The summed E-state index contributed by atoms with van der Waals surface area (Å²) >= 11 is 0. The van der Waals surface area contributed by atoms with Crippen molar-refractivity contribution in [3.05, 3.63) is 71.8 Å². The first-order chi connectivity index (χ1) is 12.7. The SMILES string of the molecule is CCN(CC)c1cc(-c2ccccc2)nc(NCc2ccccc2C)n1. The minimum atomic E-state index is 0.663. The second kappa shape index (κ2) is 8.48. The van der Waals surface area contributed by atoms with Crippen LogP contribution >= 0.6 is 0 Å². The number of aryl methyl sites for hydroxylation is 1. The molecule has 0 radical (unpaired) electrons. The summed E-state index contributed by atoms with van der Waals surface area (Å²) < 4.78 is 0. The summed E-state index contributed by atoms with van der Waals surface area (Å²) in [5.74, 6) is 1.62. The number of aromatic nitrogens is 2. The molecule has 134 valence electrons. The Balaban J connectivity index is 1.93. The molecule has 1 aromatic heterocycles. The molecule has 1 heterocycles. The molecule has 4 nitrogen and oxygen atoms in total. The van der Waals surface area contributed by atoms with Gasteiger partial charge in [-0.15, -0.1) is 0 Å². The molecule has 2 aromatic carbocycles. The summed E-state index contributed by atoms with van der Waals surface area (Å²) in [7, 11) is 0. The molecule has 0 aliphatic carbocycles. The van der Waals surface area contributed by atoms with Gasteiger partial charge in [-0.2, -0.15) is 4.98 Å². The molecule has 0 saturated carbocycles. The van der Waals surface area contributed by atoms with Crippen molar-refractivity contribution in [2.75, 3.05) is 23.3 Å². The van der Waals surface area contributed by atoms with Crippen LogP contribution in [0.25, 0.3) is 11.3 Å². The maximum atomic E-state index is 4.75. The van der Waals surface area contributed by atoms with Crippen LogP contribution in [0.4, 0.5) is 11.8 Å². The lowest BCUT2D eigenvalue weighted by Gasteiger charge is -2.21. The Morgan fingerprint density at radius 1 is 0.885 bits per heavy atom. The number of hydrogen-bond acceptors (Lipinski definition) is 4. The van der Waals surface area contributed by atoms with Crippen molar-refractivity contribution in [2.24, 2.45) is 0 Å². The minimum absolute atomic E-state index is 0.663. The molecule has 0 bridgehead atoms. The highest BCUT2D eigenvalue weighted by Gasteiger charge is 2.11. The summed E-state index contributed by atoms with van der Waals surface area (Å²) in [5.41, 5.74) is 4.56. The molecule has 4 heteroatoms. The Morgan fingerprint density at radius 2 is 1.58 bits per heavy atom. The van der Waals surface area contributed by atoms with E-state index in [1.165, 1.54) is 11.1 Å². The van der Waals surface area contributed by atoms with Gasteiger partial charge < -0.3 is 10.2 Å². The van der Waals surface area contributed by atoms with Gasteiger partial charge in [0.1, 0.15) is 5.82 Å². The van der Waals surface area contributed by atoms with Gasteiger partial charge in [-0.1, -0.05) is 54.6 Å². The van der Waals surface area contributed by atoms with Gasteiger partial charge in [0, 0.05) is 31.3 Å². The maximum absolute atomic E-state index is 4.75. The van der Waals surface area contributed by atoms with Gasteiger partial charge in [-0.25, -0.2) is 4.98 Å². The van der Waals surface area contributed by atoms with Gasteiger partial charge in [0.25, 0.3) is 0 Å². The van der Waals surface area contributed by atoms with Crippen molar-refractivity contribution in [1.29, 1.82) is 0 Å². The van der Waals surface area contributed by atoms with Crippen molar-refractivity contribution < 1.29 is 0 Å². The normalized spacial score (nSPS) is 10.6. The lowest BCUT2D eigenvalue weighted by Crippen LogP contribution is -2.23. The van der Waals surface area contributed by atoms with Crippen molar-refractivity contribution >= 4 is 11.8 Å². The standard InChI is InChI=1S/C22H26N4/c1-4-26(5-2)21-15-20(18-12-7-6-8-13-18)24-22(25-21)23-16-19-14-10-9-11-17(19)3/h6-15H,4-5,16H2,1-3H3,(H,23,24,25). The lowest BCUT2D eigenvalue weighted by molar-refractivity contribution is 0.841. The van der Waals surface area contributed by atoms with E-state index in [2.05, 4.69) is 73.5 Å². The fourth-order valence-corrected chi connectivity index (χ4v) is 2.96. The van der Waals surface area contributed by atoms with Crippen LogP contribution in [0.15, 0.2) is 60.7 Å². The molecule has 0 atom stereocenters. The second-order valence-electron chi connectivity index (χ2n) is 6.25. The maximum Gasteiger partial charge on any atom is 0.225 e. The fourth-order valence-electron chi connectivity index (χ4n) is 2.96.